The first-order valence-corrected chi connectivity index (χ1v) is 22.2. The summed E-state index contributed by atoms with van der Waals surface area (Å²) < 4.78 is 144. The number of aromatic nitrogens is 12. The number of rotatable bonds is 8. The van der Waals surface area contributed by atoms with Crippen molar-refractivity contribution in [3.63, 3.8) is 0 Å². The van der Waals surface area contributed by atoms with Gasteiger partial charge in [-0.1, -0.05) is 71.6 Å². The van der Waals surface area contributed by atoms with Crippen LogP contribution in [0, 0.1) is 0 Å². The molecule has 0 saturated carbocycles. The molecule has 0 aliphatic rings. The molecule has 357 valence electrons. The summed E-state index contributed by atoms with van der Waals surface area (Å²) >= 11 is 0. The van der Waals surface area contributed by atoms with Crippen LogP contribution in [0.25, 0.3) is 0 Å². The first kappa shape index (κ1) is 53.4. The fraction of sp³-hybridized carbons (Fsp3) is 0.211. The Morgan fingerprint density at radius 3 is 0.687 bits per heavy atom. The third-order valence-corrected chi connectivity index (χ3v) is 11.4. The Morgan fingerprint density at radius 1 is 0.403 bits per heavy atom. The van der Waals surface area contributed by atoms with Crippen molar-refractivity contribution >= 4 is 44.3 Å². The minimum Gasteiger partial charge on any atom is -0.741 e. The molecule has 0 amide bonds. The first-order chi connectivity index (χ1) is 30.7. The van der Waals surface area contributed by atoms with E-state index in [0.717, 1.165) is 0 Å². The molecule has 0 unspecified atom stereocenters. The third-order valence-electron chi connectivity index (χ3n) is 10.3. The molecule has 0 fully saturated rings. The monoisotopic (exact) mass is 1020 g/mol. The van der Waals surface area contributed by atoms with Crippen molar-refractivity contribution in [1.82, 2.24) is 27.4 Å². The van der Waals surface area contributed by atoms with Crippen LogP contribution in [0.5, 0.6) is 0 Å². The van der Waals surface area contributed by atoms with Crippen LogP contribution in [-0.2, 0) is 79.6 Å². The minimum absolute atomic E-state index is 0. The van der Waals surface area contributed by atoms with Crippen LogP contribution in [0.3, 0.4) is 0 Å². The number of nitrogens with zero attached hydrogens (tertiary/aromatic N) is 12. The fourth-order valence-electron chi connectivity index (χ4n) is 7.47. The predicted octanol–water partition coefficient (Wildman–Crippen LogP) is -1.19. The molecular weight excluding hydrogens is 975 g/mol. The maximum absolute atomic E-state index is 10.7. The predicted molar refractivity (Wildman–Crippen MR) is 221 cm³/mol. The molecule has 18 nitrogen and oxygen atoms in total. The maximum atomic E-state index is 10.7. The number of imidazole rings is 6. The Morgan fingerprint density at radius 2 is 0.567 bits per heavy atom. The van der Waals surface area contributed by atoms with E-state index in [1.807, 2.05) is 42.3 Å². The van der Waals surface area contributed by atoms with E-state index in [-0.39, 0.29) is 17.1 Å². The molecule has 67 heavy (non-hydrogen) atoms. The molecule has 1 radical (unpaired) electrons. The van der Waals surface area contributed by atoms with E-state index >= 15 is 0 Å². The molecule has 0 N–H and O–H groups in total. The molecule has 6 heterocycles. The van der Waals surface area contributed by atoms with E-state index in [9.17, 15) is 26.3 Å². The number of hydrogen-bond donors (Lipinski definition) is 0. The van der Waals surface area contributed by atoms with Gasteiger partial charge in [-0.3, -0.25) is 0 Å². The van der Waals surface area contributed by atoms with Crippen LogP contribution in [0.2, 0.25) is 0 Å². The van der Waals surface area contributed by atoms with Crippen molar-refractivity contribution in [2.75, 3.05) is 0 Å². The zero-order valence-corrected chi connectivity index (χ0v) is 39.4. The maximum Gasteiger partial charge on any atom is 2.00 e. The normalized spacial score (nSPS) is 12.1. The number of hydrogen-bond acceptors (Lipinski definition) is 6. The molecule has 2 aromatic carbocycles. The molecule has 0 saturated heterocycles. The van der Waals surface area contributed by atoms with Crippen LogP contribution in [0.1, 0.15) is 0 Å². The Balaban J connectivity index is 0.000000220. The van der Waals surface area contributed by atoms with E-state index in [1.165, 1.54) is 10.9 Å². The van der Waals surface area contributed by atoms with E-state index in [1.54, 1.807) is 0 Å². The Kier molecular flexibility index (Phi) is 16.5. The van der Waals surface area contributed by atoms with Gasteiger partial charge in [0.15, 0.2) is 20.2 Å². The smallest absolute Gasteiger partial charge is 0.741 e. The van der Waals surface area contributed by atoms with Gasteiger partial charge in [0.2, 0.25) is 38.0 Å². The first-order valence-electron chi connectivity index (χ1n) is 19.4. The molecule has 29 heteroatoms. The molecule has 6 aromatic heterocycles. The summed E-state index contributed by atoms with van der Waals surface area (Å²) in [7, 11) is 0.115. The standard InChI is InChI=1S/2C18H23BN6.2CHF3O3S.Mn/c2*1-20-9-12-23(15-20)19(18-7-5-4-6-8-18,24-13-10-21(2)16-24)25-14-11-22(3)17-25;2*2-1(3,4)8(5,6)7;/h2*4-17H,1-3H3;2*(H,5,6,7);/q2*+2;;;+2/p-2. The fourth-order valence-corrected chi connectivity index (χ4v) is 7.47. The van der Waals surface area contributed by atoms with Gasteiger partial charge in [-0.15, -0.1) is 0 Å². The Labute approximate surface area is 392 Å². The van der Waals surface area contributed by atoms with Crippen molar-refractivity contribution in [2.45, 2.75) is 11.0 Å². The summed E-state index contributed by atoms with van der Waals surface area (Å²) in [6.07, 6.45) is 38.0. The van der Waals surface area contributed by atoms with E-state index in [2.05, 4.69) is 227 Å². The van der Waals surface area contributed by atoms with Crippen molar-refractivity contribution in [3.05, 3.63) is 173 Å². The van der Waals surface area contributed by atoms with Crippen molar-refractivity contribution in [3.8, 4) is 0 Å². The molecule has 0 aliphatic carbocycles. The number of benzene rings is 2. The van der Waals surface area contributed by atoms with E-state index in [4.69, 9.17) is 25.9 Å². The second kappa shape index (κ2) is 20.7. The van der Waals surface area contributed by atoms with E-state index in [0.29, 0.717) is 0 Å². The van der Waals surface area contributed by atoms with Gasteiger partial charge in [-0.05, 0) is 0 Å². The number of alkyl halides is 6. The average molecular weight is 1020 g/mol. The van der Waals surface area contributed by atoms with Gasteiger partial charge < -0.3 is 36.0 Å². The molecule has 8 aromatic rings. The van der Waals surface area contributed by atoms with Gasteiger partial charge in [0.05, 0.1) is 79.5 Å². The molecule has 0 spiro atoms. The van der Waals surface area contributed by atoms with Crippen LogP contribution in [0.15, 0.2) is 173 Å². The molecule has 0 bridgehead atoms. The SMILES string of the molecule is Cn1cc[n+]([B-](c2ccccc2)([n+]2ccn(C)c2)[n+]2ccn(C)c2)c1.Cn1cc[n+]([B-](c2ccccc2)([n+]2ccn(C)c2)[n+]2ccn(C)c2)c1.O=S(=O)([O-])C(F)(F)F.O=S(=O)([O-])C(F)(F)F.[Mn+2]. The summed E-state index contributed by atoms with van der Waals surface area (Å²) in [6, 6.07) is 21.3. The number of halogens is 6. The second-order valence-electron chi connectivity index (χ2n) is 15.2. The largest absolute Gasteiger partial charge is 2.00 e. The van der Waals surface area contributed by atoms with Gasteiger partial charge in [0, 0.05) is 0 Å². The van der Waals surface area contributed by atoms with Crippen molar-refractivity contribution in [2.24, 2.45) is 42.3 Å². The quantitative estimate of drug-likeness (QED) is 0.0804. The summed E-state index contributed by atoms with van der Waals surface area (Å²) in [5.41, 5.74) is -8.84. The van der Waals surface area contributed by atoms with Gasteiger partial charge >= 0.3 is 41.2 Å². The van der Waals surface area contributed by atoms with Crippen LogP contribution in [-0.4, -0.2) is 77.5 Å². The summed E-state index contributed by atoms with van der Waals surface area (Å²) in [4.78, 5) is 0. The van der Waals surface area contributed by atoms with Crippen LogP contribution >= 0.6 is 0 Å². The van der Waals surface area contributed by atoms with E-state index < -0.39 is 44.4 Å². The van der Waals surface area contributed by atoms with Gasteiger partial charge in [-0.25, -0.2) is 44.2 Å². The Hall–Kier alpha value is -6.25. The topological polar surface area (TPSA) is 167 Å². The molecular formula is C38H46B2F6MnN12O6S2+4. The summed E-state index contributed by atoms with van der Waals surface area (Å²) in [6.45, 7) is -2.93. The minimum atomic E-state index is -6.09. The molecule has 0 aliphatic heterocycles. The van der Waals surface area contributed by atoms with Gasteiger partial charge in [0.1, 0.15) is 37.2 Å². The zero-order valence-electron chi connectivity index (χ0n) is 36.6. The van der Waals surface area contributed by atoms with Crippen molar-refractivity contribution < 1.29 is 96.2 Å². The zero-order chi connectivity index (χ0) is 48.9. The number of aryl methyl sites for hydroxylation is 6. The second-order valence-corrected chi connectivity index (χ2v) is 18.0. The third kappa shape index (κ3) is 11.8. The van der Waals surface area contributed by atoms with Crippen LogP contribution in [0.4, 0.5) is 26.3 Å². The van der Waals surface area contributed by atoms with Crippen molar-refractivity contribution in [1.29, 1.82) is 0 Å². The van der Waals surface area contributed by atoms with Crippen LogP contribution < -0.4 is 37.8 Å². The Bertz CT molecular complexity index is 2680. The summed E-state index contributed by atoms with van der Waals surface area (Å²) in [5.74, 6) is 0. The van der Waals surface area contributed by atoms with Gasteiger partial charge in [0.25, 0.3) is 0 Å². The average Bonchev–Trinajstić information content (AvgIpc) is 4.11. The summed E-state index contributed by atoms with van der Waals surface area (Å²) in [5, 5.41) is 0. The molecule has 0 atom stereocenters. The van der Waals surface area contributed by atoms with Gasteiger partial charge in [-0.2, -0.15) is 26.3 Å². The molecule has 8 rings (SSSR count).